The summed E-state index contributed by atoms with van der Waals surface area (Å²) in [5.41, 5.74) is 4.32. The monoisotopic (exact) mass is 264 g/mol. The highest BCUT2D eigenvalue weighted by Gasteiger charge is 2.13. The van der Waals surface area contributed by atoms with E-state index in [1.54, 1.807) is 12.1 Å². The van der Waals surface area contributed by atoms with E-state index in [9.17, 15) is 4.39 Å². The molecular weight excluding hydrogens is 251 g/mol. The third-order valence-electron chi connectivity index (χ3n) is 2.84. The van der Waals surface area contributed by atoms with Gasteiger partial charge in [-0.2, -0.15) is 0 Å². The average Bonchev–Trinajstić information content (AvgIpc) is 2.39. The van der Waals surface area contributed by atoms with Gasteiger partial charge in [-0.25, -0.2) is 4.39 Å². The Morgan fingerprint density at radius 2 is 1.89 bits per heavy atom. The molecule has 1 unspecified atom stereocenters. The molecule has 0 amide bonds. The molecule has 0 saturated carbocycles. The Labute approximate surface area is 111 Å². The van der Waals surface area contributed by atoms with Crippen molar-refractivity contribution in [1.82, 2.24) is 5.43 Å². The molecule has 0 radical (unpaired) electrons. The Morgan fingerprint density at radius 3 is 2.50 bits per heavy atom. The maximum Gasteiger partial charge on any atom is 0.127 e. The predicted octanol–water partition coefficient (Wildman–Crippen LogP) is 3.23. The molecule has 0 bridgehead atoms. The van der Waals surface area contributed by atoms with E-state index in [0.29, 0.717) is 17.0 Å². The highest BCUT2D eigenvalue weighted by molar-refractivity contribution is 6.30. The lowest BCUT2D eigenvalue weighted by atomic mass is 9.99. The smallest absolute Gasteiger partial charge is 0.127 e. The molecule has 94 valence electrons. The molecule has 0 aliphatic carbocycles. The van der Waals surface area contributed by atoms with Crippen molar-refractivity contribution in [2.45, 2.75) is 12.5 Å². The van der Waals surface area contributed by atoms with Crippen LogP contribution in [0.3, 0.4) is 0 Å². The lowest BCUT2D eigenvalue weighted by Gasteiger charge is -2.16. The van der Waals surface area contributed by atoms with Crippen molar-refractivity contribution in [1.29, 1.82) is 0 Å². The van der Waals surface area contributed by atoms with Gasteiger partial charge < -0.3 is 0 Å². The number of nitrogens with two attached hydrogens (primary N) is 1. The van der Waals surface area contributed by atoms with Crippen LogP contribution in [0.1, 0.15) is 17.2 Å². The second kappa shape index (κ2) is 5.96. The van der Waals surface area contributed by atoms with Gasteiger partial charge in [0.25, 0.3) is 0 Å². The van der Waals surface area contributed by atoms with Crippen molar-refractivity contribution in [3.05, 3.63) is 70.5 Å². The van der Waals surface area contributed by atoms with Crippen LogP contribution in [-0.4, -0.2) is 0 Å². The Morgan fingerprint density at radius 1 is 1.17 bits per heavy atom. The van der Waals surface area contributed by atoms with E-state index < -0.39 is 0 Å². The minimum absolute atomic E-state index is 0.123. The van der Waals surface area contributed by atoms with Crippen molar-refractivity contribution in [3.8, 4) is 0 Å². The van der Waals surface area contributed by atoms with Crippen molar-refractivity contribution in [2.75, 3.05) is 0 Å². The summed E-state index contributed by atoms with van der Waals surface area (Å²) in [5.74, 6) is 5.23. The molecule has 18 heavy (non-hydrogen) atoms. The van der Waals surface area contributed by atoms with Gasteiger partial charge in [-0.3, -0.25) is 11.3 Å². The molecule has 0 aliphatic rings. The van der Waals surface area contributed by atoms with Gasteiger partial charge in [-0.1, -0.05) is 48.0 Å². The van der Waals surface area contributed by atoms with Crippen molar-refractivity contribution in [3.63, 3.8) is 0 Å². The summed E-state index contributed by atoms with van der Waals surface area (Å²) in [6.07, 6.45) is 0.476. The second-order valence-corrected chi connectivity index (χ2v) is 4.51. The van der Waals surface area contributed by atoms with Crippen LogP contribution in [0.2, 0.25) is 5.02 Å². The normalized spacial score (nSPS) is 12.4. The molecule has 3 N–H and O–H groups in total. The van der Waals surface area contributed by atoms with E-state index in [-0.39, 0.29) is 11.9 Å². The summed E-state index contributed by atoms with van der Waals surface area (Å²) in [6, 6.07) is 14.3. The number of hydrazine groups is 1. The zero-order valence-corrected chi connectivity index (χ0v) is 10.5. The van der Waals surface area contributed by atoms with Gasteiger partial charge in [0.05, 0.1) is 6.04 Å². The summed E-state index contributed by atoms with van der Waals surface area (Å²) >= 11 is 5.72. The standard InChI is InChI=1S/C14H14ClFN2/c15-12-7-6-11(13(16)9-12)8-14(18-17)10-4-2-1-3-5-10/h1-7,9,14,18H,8,17H2. The molecule has 0 saturated heterocycles. The van der Waals surface area contributed by atoms with E-state index in [4.69, 9.17) is 17.4 Å². The van der Waals surface area contributed by atoms with Gasteiger partial charge >= 0.3 is 0 Å². The van der Waals surface area contributed by atoms with Crippen LogP contribution in [0.5, 0.6) is 0 Å². The van der Waals surface area contributed by atoms with E-state index in [1.807, 2.05) is 30.3 Å². The Hall–Kier alpha value is -1.42. The van der Waals surface area contributed by atoms with Gasteiger partial charge in [0, 0.05) is 5.02 Å². The third kappa shape index (κ3) is 3.07. The van der Waals surface area contributed by atoms with E-state index in [2.05, 4.69) is 5.43 Å². The summed E-state index contributed by atoms with van der Waals surface area (Å²) < 4.78 is 13.7. The maximum atomic E-state index is 13.7. The molecule has 0 aliphatic heterocycles. The second-order valence-electron chi connectivity index (χ2n) is 4.07. The first-order valence-corrected chi connectivity index (χ1v) is 6.03. The molecule has 2 nitrogen and oxygen atoms in total. The summed E-state index contributed by atoms with van der Waals surface area (Å²) in [4.78, 5) is 0. The van der Waals surface area contributed by atoms with Crippen LogP contribution in [0.4, 0.5) is 4.39 Å². The number of nitrogens with one attached hydrogen (secondary N) is 1. The van der Waals surface area contributed by atoms with Crippen LogP contribution < -0.4 is 11.3 Å². The Balaban J connectivity index is 2.21. The fourth-order valence-corrected chi connectivity index (χ4v) is 2.02. The van der Waals surface area contributed by atoms with Crippen LogP contribution in [0.15, 0.2) is 48.5 Å². The Kier molecular flexibility index (Phi) is 4.31. The molecule has 1 atom stereocenters. The van der Waals surface area contributed by atoms with Crippen LogP contribution in [0, 0.1) is 5.82 Å². The zero-order chi connectivity index (χ0) is 13.0. The van der Waals surface area contributed by atoms with Gasteiger partial charge in [-0.15, -0.1) is 0 Å². The van der Waals surface area contributed by atoms with Crippen LogP contribution in [-0.2, 0) is 6.42 Å². The van der Waals surface area contributed by atoms with Gasteiger partial charge in [-0.05, 0) is 29.7 Å². The lowest BCUT2D eigenvalue weighted by Crippen LogP contribution is -2.29. The summed E-state index contributed by atoms with van der Waals surface area (Å²) in [5, 5.41) is 0.396. The topological polar surface area (TPSA) is 38.0 Å². The van der Waals surface area contributed by atoms with E-state index >= 15 is 0 Å². The van der Waals surface area contributed by atoms with Crippen molar-refractivity contribution < 1.29 is 4.39 Å². The van der Waals surface area contributed by atoms with Gasteiger partial charge in [0.1, 0.15) is 5.82 Å². The fourth-order valence-electron chi connectivity index (χ4n) is 1.87. The molecular formula is C14H14ClFN2. The van der Waals surface area contributed by atoms with Crippen LogP contribution in [0.25, 0.3) is 0 Å². The zero-order valence-electron chi connectivity index (χ0n) is 9.74. The Bertz CT molecular complexity index is 516. The molecule has 0 fully saturated rings. The van der Waals surface area contributed by atoms with Crippen LogP contribution >= 0.6 is 11.6 Å². The quantitative estimate of drug-likeness (QED) is 0.657. The van der Waals surface area contributed by atoms with Gasteiger partial charge in [0.2, 0.25) is 0 Å². The molecule has 2 aromatic carbocycles. The number of benzene rings is 2. The highest BCUT2D eigenvalue weighted by Crippen LogP contribution is 2.21. The van der Waals surface area contributed by atoms with Crippen molar-refractivity contribution >= 4 is 11.6 Å². The maximum absolute atomic E-state index is 13.7. The van der Waals surface area contributed by atoms with E-state index in [0.717, 1.165) is 5.56 Å². The summed E-state index contributed by atoms with van der Waals surface area (Å²) in [6.45, 7) is 0. The van der Waals surface area contributed by atoms with Crippen molar-refractivity contribution in [2.24, 2.45) is 5.84 Å². The first kappa shape index (κ1) is 13.0. The molecule has 2 rings (SSSR count). The number of hydrogen-bond donors (Lipinski definition) is 2. The van der Waals surface area contributed by atoms with Gasteiger partial charge in [0.15, 0.2) is 0 Å². The third-order valence-corrected chi connectivity index (χ3v) is 3.08. The minimum Gasteiger partial charge on any atom is -0.271 e. The molecule has 4 heteroatoms. The largest absolute Gasteiger partial charge is 0.271 e. The molecule has 0 heterocycles. The highest BCUT2D eigenvalue weighted by atomic mass is 35.5. The molecule has 0 spiro atoms. The fraction of sp³-hybridized carbons (Fsp3) is 0.143. The first-order valence-electron chi connectivity index (χ1n) is 5.65. The minimum atomic E-state index is -0.307. The predicted molar refractivity (Wildman–Crippen MR) is 71.6 cm³/mol. The number of hydrogen-bond acceptors (Lipinski definition) is 2. The lowest BCUT2D eigenvalue weighted by molar-refractivity contribution is 0.529. The SMILES string of the molecule is NNC(Cc1ccc(Cl)cc1F)c1ccccc1. The van der Waals surface area contributed by atoms with E-state index in [1.165, 1.54) is 6.07 Å². The number of halogens is 2. The summed E-state index contributed by atoms with van der Waals surface area (Å²) in [7, 11) is 0. The average molecular weight is 265 g/mol. The number of rotatable bonds is 4. The molecule has 2 aromatic rings. The first-order chi connectivity index (χ1) is 8.70. The molecule has 0 aromatic heterocycles.